The monoisotopic (exact) mass is 247 g/mol. The van der Waals surface area contributed by atoms with Crippen LogP contribution >= 0.6 is 0 Å². The van der Waals surface area contributed by atoms with Gasteiger partial charge >= 0.3 is 5.97 Å². The Morgan fingerprint density at radius 1 is 1.33 bits per heavy atom. The zero-order valence-corrected chi connectivity index (χ0v) is 11.3. The first-order chi connectivity index (χ1) is 8.60. The van der Waals surface area contributed by atoms with E-state index in [1.807, 2.05) is 24.3 Å². The van der Waals surface area contributed by atoms with Gasteiger partial charge < -0.3 is 4.74 Å². The Morgan fingerprint density at radius 3 is 2.50 bits per heavy atom. The smallest absolute Gasteiger partial charge is 0.337 e. The summed E-state index contributed by atoms with van der Waals surface area (Å²) in [7, 11) is 1.41. The maximum atomic E-state index is 11.3. The fourth-order valence-electron chi connectivity index (χ4n) is 2.71. The molecule has 2 unspecified atom stereocenters. The third-order valence-corrected chi connectivity index (χ3v) is 3.67. The van der Waals surface area contributed by atoms with Crippen LogP contribution in [0.3, 0.4) is 0 Å². The standard InChI is InChI=1S/C15H21NO2/c1-11-8-12(2)16(9-11)10-13-4-6-14(7-5-13)15(17)18-3/h4-7,11-12H,8-10H2,1-3H3. The zero-order chi connectivity index (χ0) is 13.1. The Bertz CT molecular complexity index is 413. The first-order valence-electron chi connectivity index (χ1n) is 6.51. The quantitative estimate of drug-likeness (QED) is 0.769. The molecule has 1 saturated heterocycles. The summed E-state index contributed by atoms with van der Waals surface area (Å²) in [6, 6.07) is 8.36. The number of hydrogen-bond donors (Lipinski definition) is 0. The van der Waals surface area contributed by atoms with E-state index in [2.05, 4.69) is 18.7 Å². The molecular weight excluding hydrogens is 226 g/mol. The summed E-state index contributed by atoms with van der Waals surface area (Å²) in [6.45, 7) is 6.72. The number of likely N-dealkylation sites (tertiary alicyclic amines) is 1. The molecule has 1 aliphatic rings. The van der Waals surface area contributed by atoms with E-state index < -0.39 is 0 Å². The first kappa shape index (κ1) is 13.1. The van der Waals surface area contributed by atoms with Crippen LogP contribution in [0.2, 0.25) is 0 Å². The SMILES string of the molecule is COC(=O)c1ccc(CN2CC(C)CC2C)cc1. The molecule has 0 saturated carbocycles. The second-order valence-corrected chi connectivity index (χ2v) is 5.31. The third kappa shape index (κ3) is 2.91. The Balaban J connectivity index is 2.00. The van der Waals surface area contributed by atoms with Gasteiger partial charge in [0.15, 0.2) is 0 Å². The largest absolute Gasteiger partial charge is 0.465 e. The molecule has 0 radical (unpaired) electrons. The summed E-state index contributed by atoms with van der Waals surface area (Å²) in [5.41, 5.74) is 1.87. The maximum absolute atomic E-state index is 11.3. The average Bonchev–Trinajstić information content (AvgIpc) is 2.68. The van der Waals surface area contributed by atoms with Gasteiger partial charge in [0.25, 0.3) is 0 Å². The van der Waals surface area contributed by atoms with E-state index in [9.17, 15) is 4.79 Å². The number of ether oxygens (including phenoxy) is 1. The van der Waals surface area contributed by atoms with Crippen molar-refractivity contribution in [3.8, 4) is 0 Å². The van der Waals surface area contributed by atoms with E-state index in [-0.39, 0.29) is 5.97 Å². The summed E-state index contributed by atoms with van der Waals surface area (Å²) in [6.07, 6.45) is 1.28. The molecule has 1 aromatic carbocycles. The van der Waals surface area contributed by atoms with Gasteiger partial charge in [0.2, 0.25) is 0 Å². The summed E-state index contributed by atoms with van der Waals surface area (Å²) >= 11 is 0. The average molecular weight is 247 g/mol. The Hall–Kier alpha value is -1.35. The molecule has 1 fully saturated rings. The second kappa shape index (κ2) is 5.53. The molecule has 98 valence electrons. The normalized spacial score (nSPS) is 24.2. The molecule has 3 heteroatoms. The van der Waals surface area contributed by atoms with Gasteiger partial charge in [0, 0.05) is 19.1 Å². The first-order valence-corrected chi connectivity index (χ1v) is 6.51. The number of methoxy groups -OCH3 is 1. The van der Waals surface area contributed by atoms with Gasteiger partial charge in [-0.1, -0.05) is 19.1 Å². The van der Waals surface area contributed by atoms with Crippen LogP contribution < -0.4 is 0 Å². The summed E-state index contributed by atoms with van der Waals surface area (Å²) < 4.78 is 4.69. The minimum atomic E-state index is -0.273. The van der Waals surface area contributed by atoms with Gasteiger partial charge in [-0.05, 0) is 37.0 Å². The fourth-order valence-corrected chi connectivity index (χ4v) is 2.71. The molecule has 2 rings (SSSR count). The molecule has 0 N–H and O–H groups in total. The number of nitrogens with zero attached hydrogens (tertiary/aromatic N) is 1. The number of carbonyl (C=O) groups is 1. The Labute approximate surface area is 109 Å². The molecule has 2 atom stereocenters. The lowest BCUT2D eigenvalue weighted by atomic mass is 10.1. The van der Waals surface area contributed by atoms with Crippen molar-refractivity contribution >= 4 is 5.97 Å². The number of benzene rings is 1. The van der Waals surface area contributed by atoms with E-state index in [1.54, 1.807) is 0 Å². The lowest BCUT2D eigenvalue weighted by Gasteiger charge is -2.21. The van der Waals surface area contributed by atoms with Gasteiger partial charge in [-0.2, -0.15) is 0 Å². The molecule has 0 bridgehead atoms. The van der Waals surface area contributed by atoms with Crippen molar-refractivity contribution in [2.45, 2.75) is 32.9 Å². The number of esters is 1. The summed E-state index contributed by atoms with van der Waals surface area (Å²) in [5, 5.41) is 0. The second-order valence-electron chi connectivity index (χ2n) is 5.31. The molecule has 1 aliphatic heterocycles. The van der Waals surface area contributed by atoms with Gasteiger partial charge in [0.1, 0.15) is 0 Å². The zero-order valence-electron chi connectivity index (χ0n) is 11.3. The lowest BCUT2D eigenvalue weighted by Crippen LogP contribution is -2.26. The van der Waals surface area contributed by atoms with Crippen LogP contribution in [0.1, 0.15) is 36.2 Å². The van der Waals surface area contributed by atoms with E-state index in [4.69, 9.17) is 4.74 Å². The highest BCUT2D eigenvalue weighted by Gasteiger charge is 2.25. The molecule has 1 heterocycles. The van der Waals surface area contributed by atoms with Gasteiger partial charge in [-0.15, -0.1) is 0 Å². The minimum absolute atomic E-state index is 0.273. The molecule has 0 spiro atoms. The fraction of sp³-hybridized carbons (Fsp3) is 0.533. The molecule has 0 aliphatic carbocycles. The molecule has 18 heavy (non-hydrogen) atoms. The Kier molecular flexibility index (Phi) is 4.02. The molecule has 3 nitrogen and oxygen atoms in total. The van der Waals surface area contributed by atoms with E-state index in [0.29, 0.717) is 11.6 Å². The minimum Gasteiger partial charge on any atom is -0.465 e. The van der Waals surface area contributed by atoms with Crippen LogP contribution in [0.5, 0.6) is 0 Å². The van der Waals surface area contributed by atoms with Crippen molar-refractivity contribution in [2.24, 2.45) is 5.92 Å². The van der Waals surface area contributed by atoms with E-state index in [0.717, 1.165) is 12.5 Å². The molecule has 0 amide bonds. The van der Waals surface area contributed by atoms with Crippen molar-refractivity contribution in [1.82, 2.24) is 4.90 Å². The maximum Gasteiger partial charge on any atom is 0.337 e. The summed E-state index contributed by atoms with van der Waals surface area (Å²) in [5.74, 6) is 0.513. The highest BCUT2D eigenvalue weighted by Crippen LogP contribution is 2.24. The van der Waals surface area contributed by atoms with E-state index >= 15 is 0 Å². The third-order valence-electron chi connectivity index (χ3n) is 3.67. The van der Waals surface area contributed by atoms with Crippen molar-refractivity contribution in [1.29, 1.82) is 0 Å². The van der Waals surface area contributed by atoms with Crippen molar-refractivity contribution in [3.05, 3.63) is 35.4 Å². The summed E-state index contributed by atoms with van der Waals surface area (Å²) in [4.78, 5) is 13.8. The topological polar surface area (TPSA) is 29.5 Å². The van der Waals surface area contributed by atoms with Crippen molar-refractivity contribution < 1.29 is 9.53 Å². The number of carbonyl (C=O) groups excluding carboxylic acids is 1. The highest BCUT2D eigenvalue weighted by molar-refractivity contribution is 5.89. The van der Waals surface area contributed by atoms with Crippen molar-refractivity contribution in [3.63, 3.8) is 0 Å². The van der Waals surface area contributed by atoms with Crippen LogP contribution in [0.25, 0.3) is 0 Å². The molecule has 1 aromatic rings. The van der Waals surface area contributed by atoms with Gasteiger partial charge in [-0.3, -0.25) is 4.90 Å². The van der Waals surface area contributed by atoms with E-state index in [1.165, 1.54) is 25.6 Å². The van der Waals surface area contributed by atoms with Crippen LogP contribution in [0, 0.1) is 5.92 Å². The van der Waals surface area contributed by atoms with Crippen LogP contribution in [0.4, 0.5) is 0 Å². The number of hydrogen-bond acceptors (Lipinski definition) is 3. The predicted molar refractivity (Wildman–Crippen MR) is 71.4 cm³/mol. The number of rotatable bonds is 3. The molecular formula is C15H21NO2. The van der Waals surface area contributed by atoms with Gasteiger partial charge in [-0.25, -0.2) is 4.79 Å². The van der Waals surface area contributed by atoms with Gasteiger partial charge in [0.05, 0.1) is 12.7 Å². The van der Waals surface area contributed by atoms with Crippen LogP contribution in [-0.4, -0.2) is 30.6 Å². The van der Waals surface area contributed by atoms with Crippen LogP contribution in [0.15, 0.2) is 24.3 Å². The Morgan fingerprint density at radius 2 is 2.00 bits per heavy atom. The van der Waals surface area contributed by atoms with Crippen molar-refractivity contribution in [2.75, 3.05) is 13.7 Å². The molecule has 0 aromatic heterocycles. The highest BCUT2D eigenvalue weighted by atomic mass is 16.5. The lowest BCUT2D eigenvalue weighted by molar-refractivity contribution is 0.0600. The van der Waals surface area contributed by atoms with Crippen LogP contribution in [-0.2, 0) is 11.3 Å². The predicted octanol–water partition coefficient (Wildman–Crippen LogP) is 2.70.